The molecule has 0 bridgehead atoms. The monoisotopic (exact) mass is 494 g/mol. The average Bonchev–Trinajstić information content (AvgIpc) is 2.83. The molecule has 1 atom stereocenters. The highest BCUT2D eigenvalue weighted by Crippen LogP contribution is 2.32. The number of methoxy groups -OCH3 is 1. The zero-order chi connectivity index (χ0) is 25.8. The number of amides is 1. The highest BCUT2D eigenvalue weighted by Gasteiger charge is 2.28. The molecule has 0 radical (unpaired) electrons. The molecule has 0 aromatic heterocycles. The maximum atomic E-state index is 13.5. The van der Waals surface area contributed by atoms with Gasteiger partial charge in [0.2, 0.25) is 5.91 Å². The summed E-state index contributed by atoms with van der Waals surface area (Å²) in [5, 5.41) is 2.99. The van der Waals surface area contributed by atoms with Crippen molar-refractivity contribution in [3.05, 3.63) is 89.0 Å². The summed E-state index contributed by atoms with van der Waals surface area (Å²) in [5.41, 5.74) is 4.45. The number of ether oxygens (including phenoxy) is 1. The first-order valence-electron chi connectivity index (χ1n) is 11.7. The van der Waals surface area contributed by atoms with E-state index < -0.39 is 10.0 Å². The topological polar surface area (TPSA) is 75.7 Å². The summed E-state index contributed by atoms with van der Waals surface area (Å²) in [6.45, 7) is 9.65. The molecule has 0 aliphatic heterocycles. The van der Waals surface area contributed by atoms with E-state index in [9.17, 15) is 13.2 Å². The Labute approximate surface area is 209 Å². The second kappa shape index (κ2) is 11.0. The van der Waals surface area contributed by atoms with Crippen molar-refractivity contribution in [2.75, 3.05) is 18.0 Å². The van der Waals surface area contributed by atoms with Crippen LogP contribution in [-0.4, -0.2) is 28.0 Å². The Bertz CT molecular complexity index is 1270. The van der Waals surface area contributed by atoms with Gasteiger partial charge in [-0.1, -0.05) is 49.7 Å². The van der Waals surface area contributed by atoms with Gasteiger partial charge in [0, 0.05) is 0 Å². The molecule has 186 valence electrons. The number of aryl methyl sites for hydroxylation is 2. The van der Waals surface area contributed by atoms with E-state index >= 15 is 0 Å². The van der Waals surface area contributed by atoms with Gasteiger partial charge in [0.25, 0.3) is 10.0 Å². The molecule has 3 rings (SSSR count). The first kappa shape index (κ1) is 26.3. The fourth-order valence-corrected chi connectivity index (χ4v) is 5.49. The summed E-state index contributed by atoms with van der Waals surface area (Å²) >= 11 is 0. The van der Waals surface area contributed by atoms with Gasteiger partial charge in [0.1, 0.15) is 12.3 Å². The molecule has 3 aromatic rings. The molecular formula is C28H34N2O4S. The smallest absolute Gasteiger partial charge is 0.264 e. The van der Waals surface area contributed by atoms with Gasteiger partial charge in [-0.2, -0.15) is 0 Å². The molecule has 0 unspecified atom stereocenters. The molecule has 0 spiro atoms. The largest absolute Gasteiger partial charge is 0.496 e. The molecule has 1 N–H and O–H groups in total. The van der Waals surface area contributed by atoms with Crippen LogP contribution in [-0.2, 0) is 14.8 Å². The number of nitrogens with zero attached hydrogens (tertiary/aromatic N) is 1. The summed E-state index contributed by atoms with van der Waals surface area (Å²) in [5.74, 6) is 0.679. The van der Waals surface area contributed by atoms with Crippen molar-refractivity contribution in [1.82, 2.24) is 5.32 Å². The third kappa shape index (κ3) is 6.03. The van der Waals surface area contributed by atoms with Crippen LogP contribution in [0.4, 0.5) is 5.69 Å². The van der Waals surface area contributed by atoms with Gasteiger partial charge in [-0.3, -0.25) is 9.10 Å². The van der Waals surface area contributed by atoms with E-state index in [0.717, 1.165) is 32.3 Å². The molecule has 6 nitrogen and oxygen atoms in total. The minimum atomic E-state index is -3.94. The summed E-state index contributed by atoms with van der Waals surface area (Å²) in [7, 11) is -2.29. The van der Waals surface area contributed by atoms with Gasteiger partial charge in [-0.05, 0) is 79.8 Å². The Morgan fingerprint density at radius 3 is 2.14 bits per heavy atom. The first-order chi connectivity index (χ1) is 16.5. The molecule has 0 heterocycles. The van der Waals surface area contributed by atoms with Crippen LogP contribution in [0.2, 0.25) is 0 Å². The molecule has 0 aliphatic rings. The SMILES string of the molecule is COc1cc(C)c([C@@H](C)NC(=O)CN(c2ccc(C)cc2)S(=O)(=O)c2ccccc2)cc1C(C)C. The fraction of sp³-hybridized carbons (Fsp3) is 0.321. The van der Waals surface area contributed by atoms with E-state index in [-0.39, 0.29) is 29.3 Å². The molecule has 3 aromatic carbocycles. The maximum Gasteiger partial charge on any atom is 0.264 e. The number of hydrogen-bond donors (Lipinski definition) is 1. The average molecular weight is 495 g/mol. The summed E-state index contributed by atoms with van der Waals surface area (Å²) in [6, 6.07) is 19.0. The number of carbonyl (C=O) groups excluding carboxylic acids is 1. The van der Waals surface area contributed by atoms with E-state index in [1.54, 1.807) is 37.4 Å². The van der Waals surface area contributed by atoms with Crippen molar-refractivity contribution >= 4 is 21.6 Å². The molecule has 0 saturated heterocycles. The summed E-state index contributed by atoms with van der Waals surface area (Å²) in [4.78, 5) is 13.3. The first-order valence-corrected chi connectivity index (χ1v) is 13.1. The minimum absolute atomic E-state index is 0.133. The molecule has 0 saturated carbocycles. The Morgan fingerprint density at radius 1 is 0.943 bits per heavy atom. The van der Waals surface area contributed by atoms with E-state index in [1.165, 1.54) is 12.1 Å². The third-order valence-corrected chi connectivity index (χ3v) is 7.81. The number of benzene rings is 3. The number of rotatable bonds is 9. The van der Waals surface area contributed by atoms with Crippen molar-refractivity contribution in [3.63, 3.8) is 0 Å². The lowest BCUT2D eigenvalue weighted by molar-refractivity contribution is -0.120. The maximum absolute atomic E-state index is 13.5. The molecule has 7 heteroatoms. The minimum Gasteiger partial charge on any atom is -0.496 e. The standard InChI is InChI=1S/C28H34N2O4S/c1-19(2)25-17-26(21(4)16-27(25)34-6)22(5)29-28(31)18-30(23-14-12-20(3)13-15-23)35(32,33)24-10-8-7-9-11-24/h7-17,19,22H,18H2,1-6H3,(H,29,31)/t22-/m1/s1. The molecule has 0 aliphatic carbocycles. The quantitative estimate of drug-likeness (QED) is 0.426. The number of anilines is 1. The Kier molecular flexibility index (Phi) is 8.22. The zero-order valence-electron chi connectivity index (χ0n) is 21.2. The Morgan fingerprint density at radius 2 is 1.57 bits per heavy atom. The number of sulfonamides is 1. The number of hydrogen-bond acceptors (Lipinski definition) is 4. The second-order valence-corrected chi connectivity index (χ2v) is 10.9. The van der Waals surface area contributed by atoms with Gasteiger partial charge < -0.3 is 10.1 Å². The van der Waals surface area contributed by atoms with Gasteiger partial charge in [-0.15, -0.1) is 0 Å². The van der Waals surface area contributed by atoms with Crippen LogP contribution in [0.5, 0.6) is 5.75 Å². The molecule has 1 amide bonds. The summed E-state index contributed by atoms with van der Waals surface area (Å²) in [6.07, 6.45) is 0. The molecular weight excluding hydrogens is 460 g/mol. The zero-order valence-corrected chi connectivity index (χ0v) is 22.0. The van der Waals surface area contributed by atoms with Crippen LogP contribution < -0.4 is 14.4 Å². The highest BCUT2D eigenvalue weighted by atomic mass is 32.2. The molecule has 0 fully saturated rings. The van der Waals surface area contributed by atoms with Gasteiger partial charge in [0.05, 0.1) is 23.7 Å². The molecule has 35 heavy (non-hydrogen) atoms. The van der Waals surface area contributed by atoms with Crippen LogP contribution in [0, 0.1) is 13.8 Å². The third-order valence-electron chi connectivity index (χ3n) is 6.02. The van der Waals surface area contributed by atoms with E-state index in [0.29, 0.717) is 5.69 Å². The van der Waals surface area contributed by atoms with Crippen LogP contribution in [0.15, 0.2) is 71.6 Å². The van der Waals surface area contributed by atoms with Crippen LogP contribution >= 0.6 is 0 Å². The lowest BCUT2D eigenvalue weighted by Gasteiger charge is -2.26. The van der Waals surface area contributed by atoms with E-state index in [1.807, 2.05) is 39.0 Å². The van der Waals surface area contributed by atoms with E-state index in [2.05, 4.69) is 25.2 Å². The predicted molar refractivity (Wildman–Crippen MR) is 141 cm³/mol. The van der Waals surface area contributed by atoms with Crippen LogP contribution in [0.1, 0.15) is 55.0 Å². The normalized spacial score (nSPS) is 12.3. The Balaban J connectivity index is 1.90. The van der Waals surface area contributed by atoms with Gasteiger partial charge in [-0.25, -0.2) is 8.42 Å². The van der Waals surface area contributed by atoms with Crippen LogP contribution in [0.25, 0.3) is 0 Å². The highest BCUT2D eigenvalue weighted by molar-refractivity contribution is 7.92. The lowest BCUT2D eigenvalue weighted by atomic mass is 9.93. The van der Waals surface area contributed by atoms with Gasteiger partial charge in [0.15, 0.2) is 0 Å². The predicted octanol–water partition coefficient (Wildman–Crippen LogP) is 5.51. The van der Waals surface area contributed by atoms with Crippen molar-refractivity contribution in [2.24, 2.45) is 0 Å². The van der Waals surface area contributed by atoms with Crippen molar-refractivity contribution in [3.8, 4) is 5.75 Å². The number of carbonyl (C=O) groups is 1. The van der Waals surface area contributed by atoms with Gasteiger partial charge >= 0.3 is 0 Å². The van der Waals surface area contributed by atoms with Crippen molar-refractivity contribution in [2.45, 2.75) is 51.5 Å². The Hall–Kier alpha value is -3.32. The summed E-state index contributed by atoms with van der Waals surface area (Å²) < 4.78 is 33.7. The van der Waals surface area contributed by atoms with Crippen LogP contribution in [0.3, 0.4) is 0 Å². The fourth-order valence-electron chi connectivity index (χ4n) is 4.05. The lowest BCUT2D eigenvalue weighted by Crippen LogP contribution is -2.41. The number of nitrogens with one attached hydrogen (secondary N) is 1. The second-order valence-electron chi connectivity index (χ2n) is 9.05. The van der Waals surface area contributed by atoms with E-state index in [4.69, 9.17) is 4.74 Å². The van der Waals surface area contributed by atoms with Crippen molar-refractivity contribution < 1.29 is 17.9 Å². The van der Waals surface area contributed by atoms with Crippen molar-refractivity contribution in [1.29, 1.82) is 0 Å².